The summed E-state index contributed by atoms with van der Waals surface area (Å²) in [6, 6.07) is 0. The van der Waals surface area contributed by atoms with Gasteiger partial charge < -0.3 is 4.90 Å². The van der Waals surface area contributed by atoms with Crippen molar-refractivity contribution >= 4 is 0 Å². The van der Waals surface area contributed by atoms with Crippen LogP contribution in [0.1, 0.15) is 20.3 Å². The molecule has 2 atom stereocenters. The first kappa shape index (κ1) is 8.91. The van der Waals surface area contributed by atoms with Gasteiger partial charge in [-0.25, -0.2) is 8.78 Å². The van der Waals surface area contributed by atoms with Crippen molar-refractivity contribution in [3.63, 3.8) is 0 Å². The first-order valence-electron chi connectivity index (χ1n) is 3.87. The smallest absolute Gasteiger partial charge is 0.124 e. The number of hydrogen-bond acceptors (Lipinski definition) is 1. The summed E-state index contributed by atoms with van der Waals surface area (Å²) < 4.78 is 26.7. The van der Waals surface area contributed by atoms with Crippen LogP contribution < -0.4 is 0 Å². The molecule has 0 aromatic rings. The molecule has 1 aliphatic heterocycles. The summed E-state index contributed by atoms with van der Waals surface area (Å²) in [5.74, 6) is 0. The predicted molar refractivity (Wildman–Crippen MR) is 41.1 cm³/mol. The van der Waals surface area contributed by atoms with E-state index in [4.69, 9.17) is 0 Å². The molecule has 3 heteroatoms. The number of hydrogen-bond donors (Lipinski definition) is 0. The average Bonchev–Trinajstić information content (AvgIpc) is 1.49. The van der Waals surface area contributed by atoms with Crippen molar-refractivity contribution in [3.8, 4) is 0 Å². The molecule has 0 amide bonds. The summed E-state index contributed by atoms with van der Waals surface area (Å²) in [6.45, 7) is 3.60. The van der Waals surface area contributed by atoms with Crippen LogP contribution in [0.5, 0.6) is 0 Å². The molecule has 66 valence electrons. The Morgan fingerprint density at radius 1 is 1.09 bits per heavy atom. The fourth-order valence-electron chi connectivity index (χ4n) is 2.06. The third-order valence-electron chi connectivity index (χ3n) is 1.94. The van der Waals surface area contributed by atoms with E-state index in [0.717, 1.165) is 0 Å². The van der Waals surface area contributed by atoms with Crippen LogP contribution in [0.3, 0.4) is 0 Å². The highest BCUT2D eigenvalue weighted by Crippen LogP contribution is 2.32. The monoisotopic (exact) mass is 163 g/mol. The molecule has 0 saturated carbocycles. The molecule has 0 N–H and O–H groups in total. The van der Waals surface area contributed by atoms with Crippen LogP contribution in [0, 0.1) is 0 Å². The van der Waals surface area contributed by atoms with E-state index >= 15 is 0 Å². The van der Waals surface area contributed by atoms with Crippen molar-refractivity contribution in [1.29, 1.82) is 0 Å². The topological polar surface area (TPSA) is 3.24 Å². The number of halogens is 2. The Bertz CT molecular complexity index is 138. The second kappa shape index (κ2) is 2.41. The van der Waals surface area contributed by atoms with E-state index in [-0.39, 0.29) is 6.42 Å². The first-order valence-corrected chi connectivity index (χ1v) is 3.87. The zero-order valence-electron chi connectivity index (χ0n) is 7.32. The van der Waals surface area contributed by atoms with Gasteiger partial charge in [0, 0.05) is 19.5 Å². The second-order valence-corrected chi connectivity index (χ2v) is 4.18. The van der Waals surface area contributed by atoms with E-state index in [1.807, 2.05) is 0 Å². The van der Waals surface area contributed by atoms with E-state index in [1.54, 1.807) is 11.9 Å². The van der Waals surface area contributed by atoms with Crippen molar-refractivity contribution in [3.05, 3.63) is 0 Å². The maximum atomic E-state index is 13.3. The van der Waals surface area contributed by atoms with Gasteiger partial charge in [-0.15, -0.1) is 0 Å². The Balaban J connectivity index is 2.66. The van der Waals surface area contributed by atoms with E-state index in [2.05, 4.69) is 0 Å². The highest BCUT2D eigenvalue weighted by atomic mass is 19.2. The largest absolute Gasteiger partial charge is 0.300 e. The van der Waals surface area contributed by atoms with Crippen molar-refractivity contribution < 1.29 is 8.78 Å². The normalized spacial score (nSPS) is 47.7. The van der Waals surface area contributed by atoms with Crippen molar-refractivity contribution in [2.75, 3.05) is 20.1 Å². The molecule has 0 aliphatic carbocycles. The molecule has 1 rings (SSSR count). The molecular formula is C8H15F2N. The number of alkyl halides is 2. The minimum Gasteiger partial charge on any atom is -0.300 e. The number of rotatable bonds is 0. The molecule has 1 aliphatic rings. The van der Waals surface area contributed by atoms with Crippen molar-refractivity contribution in [1.82, 2.24) is 4.90 Å². The van der Waals surface area contributed by atoms with Gasteiger partial charge in [0.05, 0.1) is 0 Å². The molecule has 1 saturated heterocycles. The first-order chi connectivity index (χ1) is 4.81. The molecule has 2 unspecified atom stereocenters. The molecule has 1 heterocycles. The van der Waals surface area contributed by atoms with Gasteiger partial charge in [0.1, 0.15) is 11.3 Å². The zero-order valence-corrected chi connectivity index (χ0v) is 7.32. The second-order valence-electron chi connectivity index (χ2n) is 4.18. The minimum absolute atomic E-state index is 0.0182. The average molecular weight is 163 g/mol. The summed E-state index contributed by atoms with van der Waals surface area (Å²) in [6.07, 6.45) is 0.0182. The van der Waals surface area contributed by atoms with Gasteiger partial charge in [0.2, 0.25) is 0 Å². The SMILES string of the molecule is CN1CC(C)(F)CC(C)(F)C1. The van der Waals surface area contributed by atoms with E-state index in [1.165, 1.54) is 13.8 Å². The molecular weight excluding hydrogens is 148 g/mol. The maximum absolute atomic E-state index is 13.3. The van der Waals surface area contributed by atoms with E-state index in [9.17, 15) is 8.78 Å². The molecule has 0 aromatic heterocycles. The summed E-state index contributed by atoms with van der Waals surface area (Å²) in [5, 5.41) is 0. The quantitative estimate of drug-likeness (QED) is 0.526. The lowest BCUT2D eigenvalue weighted by molar-refractivity contribution is -0.0243. The summed E-state index contributed by atoms with van der Waals surface area (Å²) in [7, 11) is 1.74. The standard InChI is InChI=1S/C8H15F2N/c1-7(9)4-8(2,10)6-11(3)5-7/h4-6H2,1-3H3. The summed E-state index contributed by atoms with van der Waals surface area (Å²) in [5.41, 5.74) is -2.73. The van der Waals surface area contributed by atoms with Crippen LogP contribution in [0.2, 0.25) is 0 Å². The Morgan fingerprint density at radius 2 is 1.45 bits per heavy atom. The van der Waals surface area contributed by atoms with Crippen molar-refractivity contribution in [2.24, 2.45) is 0 Å². The molecule has 0 radical (unpaired) electrons. The van der Waals surface area contributed by atoms with Crippen LogP contribution in [0.25, 0.3) is 0 Å². The Kier molecular flexibility index (Phi) is 1.95. The molecule has 0 bridgehead atoms. The van der Waals surface area contributed by atoms with Crippen LogP contribution in [-0.4, -0.2) is 36.4 Å². The Labute approximate surface area is 66.4 Å². The molecule has 0 spiro atoms. The van der Waals surface area contributed by atoms with Crippen LogP contribution in [-0.2, 0) is 0 Å². The molecule has 1 nitrogen and oxygen atoms in total. The number of nitrogens with zero attached hydrogens (tertiary/aromatic N) is 1. The fraction of sp³-hybridized carbons (Fsp3) is 1.00. The Hall–Kier alpha value is -0.180. The fourth-order valence-corrected chi connectivity index (χ4v) is 2.06. The third-order valence-corrected chi connectivity index (χ3v) is 1.94. The number of piperidine rings is 1. The lowest BCUT2D eigenvalue weighted by atomic mass is 9.87. The predicted octanol–water partition coefficient (Wildman–Crippen LogP) is 1.78. The van der Waals surface area contributed by atoms with Gasteiger partial charge >= 0.3 is 0 Å². The van der Waals surface area contributed by atoms with E-state index in [0.29, 0.717) is 13.1 Å². The maximum Gasteiger partial charge on any atom is 0.124 e. The molecule has 11 heavy (non-hydrogen) atoms. The lowest BCUT2D eigenvalue weighted by Gasteiger charge is -2.40. The highest BCUT2D eigenvalue weighted by molar-refractivity contribution is 4.94. The Morgan fingerprint density at radius 3 is 1.73 bits per heavy atom. The van der Waals surface area contributed by atoms with E-state index < -0.39 is 11.3 Å². The zero-order chi connectivity index (χ0) is 8.70. The van der Waals surface area contributed by atoms with Crippen LogP contribution in [0.4, 0.5) is 8.78 Å². The van der Waals surface area contributed by atoms with Gasteiger partial charge in [-0.3, -0.25) is 0 Å². The van der Waals surface area contributed by atoms with Crippen LogP contribution in [0.15, 0.2) is 0 Å². The van der Waals surface area contributed by atoms with Crippen molar-refractivity contribution in [2.45, 2.75) is 31.6 Å². The van der Waals surface area contributed by atoms with Gasteiger partial charge in [-0.2, -0.15) is 0 Å². The highest BCUT2D eigenvalue weighted by Gasteiger charge is 2.42. The van der Waals surface area contributed by atoms with Gasteiger partial charge in [-0.1, -0.05) is 0 Å². The summed E-state index contributed by atoms with van der Waals surface area (Å²) >= 11 is 0. The lowest BCUT2D eigenvalue weighted by Crippen LogP contribution is -2.52. The summed E-state index contributed by atoms with van der Waals surface area (Å²) in [4.78, 5) is 1.70. The van der Waals surface area contributed by atoms with Gasteiger partial charge in [-0.05, 0) is 20.9 Å². The molecule has 0 aromatic carbocycles. The van der Waals surface area contributed by atoms with Gasteiger partial charge in [0.15, 0.2) is 0 Å². The number of likely N-dealkylation sites (tertiary alicyclic amines) is 1. The third kappa shape index (κ3) is 2.40. The van der Waals surface area contributed by atoms with Gasteiger partial charge in [0.25, 0.3) is 0 Å². The minimum atomic E-state index is -1.36. The molecule has 1 fully saturated rings. The van der Waals surface area contributed by atoms with Crippen LogP contribution >= 0.6 is 0 Å².